The number of amides is 1. The molecule has 134 valence electrons. The summed E-state index contributed by atoms with van der Waals surface area (Å²) in [5.41, 5.74) is 2.28. The van der Waals surface area contributed by atoms with Gasteiger partial charge >= 0.3 is 0 Å². The molecule has 0 saturated carbocycles. The molecule has 0 atom stereocenters. The third-order valence-corrected chi connectivity index (χ3v) is 4.58. The van der Waals surface area contributed by atoms with Crippen molar-refractivity contribution in [2.24, 2.45) is 5.41 Å². The van der Waals surface area contributed by atoms with Crippen LogP contribution in [0.3, 0.4) is 0 Å². The lowest BCUT2D eigenvalue weighted by Crippen LogP contribution is -2.27. The minimum Gasteiger partial charge on any atom is -0.431 e. The lowest BCUT2D eigenvalue weighted by atomic mass is 9.95. The molecule has 0 saturated heterocycles. The summed E-state index contributed by atoms with van der Waals surface area (Å²) in [5.74, 6) is 0.148. The van der Waals surface area contributed by atoms with E-state index in [1.807, 2.05) is 45.0 Å². The molecular formula is C20H20N2O3S. The molecule has 1 N–H and O–H groups in total. The Bertz CT molecular complexity index is 907. The van der Waals surface area contributed by atoms with E-state index in [-0.39, 0.29) is 17.4 Å². The van der Waals surface area contributed by atoms with Crippen molar-refractivity contribution in [2.75, 3.05) is 11.1 Å². The van der Waals surface area contributed by atoms with E-state index >= 15 is 0 Å². The molecule has 1 amide bonds. The Kier molecular flexibility index (Phi) is 5.13. The second-order valence-electron chi connectivity index (χ2n) is 6.94. The number of hydrogen-bond donors (Lipinski definition) is 1. The third kappa shape index (κ3) is 4.32. The summed E-state index contributed by atoms with van der Waals surface area (Å²) < 4.78 is 5.60. The topological polar surface area (TPSA) is 72.2 Å². The van der Waals surface area contributed by atoms with E-state index in [4.69, 9.17) is 4.42 Å². The molecule has 3 rings (SSSR count). The third-order valence-electron chi connectivity index (χ3n) is 3.75. The van der Waals surface area contributed by atoms with Crippen molar-refractivity contribution in [3.8, 4) is 0 Å². The van der Waals surface area contributed by atoms with Crippen molar-refractivity contribution in [1.82, 2.24) is 4.98 Å². The molecule has 0 radical (unpaired) electrons. The van der Waals surface area contributed by atoms with Crippen molar-refractivity contribution in [1.29, 1.82) is 0 Å². The predicted octanol–water partition coefficient (Wildman–Crippen LogP) is 4.79. The number of nitrogens with zero attached hydrogens (tertiary/aromatic N) is 1. The van der Waals surface area contributed by atoms with Gasteiger partial charge in [-0.1, -0.05) is 44.7 Å². The monoisotopic (exact) mass is 368 g/mol. The van der Waals surface area contributed by atoms with Crippen LogP contribution in [0.25, 0.3) is 11.1 Å². The number of rotatable bonds is 5. The highest BCUT2D eigenvalue weighted by atomic mass is 32.2. The number of carbonyl (C=O) groups excluding carboxylic acids is 2. The summed E-state index contributed by atoms with van der Waals surface area (Å²) in [6.45, 7) is 5.55. The van der Waals surface area contributed by atoms with Crippen molar-refractivity contribution < 1.29 is 14.0 Å². The fourth-order valence-corrected chi connectivity index (χ4v) is 2.91. The number of fused-ring (bicyclic) bond motifs is 1. The number of ketones is 1. The lowest BCUT2D eigenvalue weighted by molar-refractivity contribution is -0.123. The number of anilines is 1. The summed E-state index contributed by atoms with van der Waals surface area (Å²) in [4.78, 5) is 28.7. The molecule has 0 unspecified atom stereocenters. The predicted molar refractivity (Wildman–Crippen MR) is 104 cm³/mol. The van der Waals surface area contributed by atoms with Gasteiger partial charge in [0, 0.05) is 16.7 Å². The smallest absolute Gasteiger partial charge is 0.257 e. The van der Waals surface area contributed by atoms with Gasteiger partial charge in [-0.2, -0.15) is 0 Å². The Morgan fingerprint density at radius 1 is 1.08 bits per heavy atom. The zero-order chi connectivity index (χ0) is 18.7. The van der Waals surface area contributed by atoms with Crippen molar-refractivity contribution in [2.45, 2.75) is 26.0 Å². The van der Waals surface area contributed by atoms with E-state index in [2.05, 4.69) is 10.3 Å². The number of aromatic nitrogens is 1. The normalized spacial score (nSPS) is 11.5. The fourth-order valence-electron chi connectivity index (χ4n) is 2.18. The van der Waals surface area contributed by atoms with E-state index < -0.39 is 5.41 Å². The summed E-state index contributed by atoms with van der Waals surface area (Å²) in [6.07, 6.45) is 0. The minimum atomic E-state index is -0.468. The van der Waals surface area contributed by atoms with Crippen LogP contribution < -0.4 is 5.32 Å². The molecule has 0 bridgehead atoms. The van der Waals surface area contributed by atoms with E-state index in [1.165, 1.54) is 11.8 Å². The first-order valence-corrected chi connectivity index (χ1v) is 9.24. The highest BCUT2D eigenvalue weighted by Gasteiger charge is 2.21. The summed E-state index contributed by atoms with van der Waals surface area (Å²) in [7, 11) is 0. The first-order chi connectivity index (χ1) is 12.3. The van der Waals surface area contributed by atoms with Gasteiger partial charge in [-0.25, -0.2) is 4.98 Å². The Morgan fingerprint density at radius 2 is 1.77 bits per heavy atom. The van der Waals surface area contributed by atoms with Crippen LogP contribution in [0.5, 0.6) is 0 Å². The van der Waals surface area contributed by atoms with Crippen LogP contribution >= 0.6 is 11.8 Å². The molecular weight excluding hydrogens is 348 g/mol. The van der Waals surface area contributed by atoms with E-state index in [9.17, 15) is 9.59 Å². The quantitative estimate of drug-likeness (QED) is 0.518. The van der Waals surface area contributed by atoms with E-state index in [0.29, 0.717) is 22.1 Å². The molecule has 0 aliphatic carbocycles. The van der Waals surface area contributed by atoms with Crippen molar-refractivity contribution in [3.05, 3.63) is 54.1 Å². The van der Waals surface area contributed by atoms with Gasteiger partial charge < -0.3 is 9.73 Å². The Morgan fingerprint density at radius 3 is 2.42 bits per heavy atom. The number of thioether (sulfide) groups is 1. The molecule has 6 heteroatoms. The number of hydrogen-bond acceptors (Lipinski definition) is 5. The first kappa shape index (κ1) is 18.2. The molecule has 1 aromatic heterocycles. The molecule has 0 aliphatic heterocycles. The van der Waals surface area contributed by atoms with Gasteiger partial charge in [-0.15, -0.1) is 0 Å². The number of Topliss-reactive ketones (excluding diaryl/α,β-unsaturated/α-hetero) is 1. The van der Waals surface area contributed by atoms with Crippen molar-refractivity contribution in [3.63, 3.8) is 0 Å². The van der Waals surface area contributed by atoms with Gasteiger partial charge in [0.25, 0.3) is 5.22 Å². The number of benzene rings is 2. The molecule has 3 aromatic rings. The number of para-hydroxylation sites is 2. The maximum Gasteiger partial charge on any atom is 0.257 e. The van der Waals surface area contributed by atoms with Gasteiger partial charge in [-0.3, -0.25) is 9.59 Å². The van der Waals surface area contributed by atoms with E-state index in [1.54, 1.807) is 24.3 Å². The Labute approximate surface area is 156 Å². The lowest BCUT2D eigenvalue weighted by Gasteiger charge is -2.17. The maximum absolute atomic E-state index is 12.3. The maximum atomic E-state index is 12.3. The Hall–Kier alpha value is -2.60. The van der Waals surface area contributed by atoms with Crippen LogP contribution in [0.4, 0.5) is 5.69 Å². The van der Waals surface area contributed by atoms with Crippen molar-refractivity contribution >= 4 is 40.2 Å². The van der Waals surface area contributed by atoms with Gasteiger partial charge in [0.15, 0.2) is 11.4 Å². The van der Waals surface area contributed by atoms with Crippen LogP contribution in [0.15, 0.2) is 58.2 Å². The fraction of sp³-hybridized carbons (Fsp3) is 0.250. The van der Waals surface area contributed by atoms with Gasteiger partial charge in [0.1, 0.15) is 5.52 Å². The second kappa shape index (κ2) is 7.33. The molecule has 5 nitrogen and oxygen atoms in total. The van der Waals surface area contributed by atoms with E-state index in [0.717, 1.165) is 5.52 Å². The zero-order valence-corrected chi connectivity index (χ0v) is 15.7. The van der Waals surface area contributed by atoms with Crippen LogP contribution in [0, 0.1) is 5.41 Å². The largest absolute Gasteiger partial charge is 0.431 e. The molecule has 0 aliphatic rings. The average Bonchev–Trinajstić information content (AvgIpc) is 3.02. The molecule has 26 heavy (non-hydrogen) atoms. The summed E-state index contributed by atoms with van der Waals surface area (Å²) in [6, 6.07) is 14.4. The molecule has 1 heterocycles. The number of oxazole rings is 1. The molecule has 0 spiro atoms. The van der Waals surface area contributed by atoms with Crippen LogP contribution in [-0.2, 0) is 4.79 Å². The Balaban J connectivity index is 1.60. The van der Waals surface area contributed by atoms with Gasteiger partial charge in [-0.05, 0) is 36.4 Å². The number of carbonyl (C=O) groups is 2. The van der Waals surface area contributed by atoms with Gasteiger partial charge in [0.2, 0.25) is 5.91 Å². The second-order valence-corrected chi connectivity index (χ2v) is 7.87. The highest BCUT2D eigenvalue weighted by Crippen LogP contribution is 2.24. The molecule has 0 fully saturated rings. The summed E-state index contributed by atoms with van der Waals surface area (Å²) >= 11 is 1.27. The van der Waals surface area contributed by atoms with Crippen LogP contribution in [0.2, 0.25) is 0 Å². The number of nitrogens with one attached hydrogen (secondary N) is 1. The highest BCUT2D eigenvalue weighted by molar-refractivity contribution is 7.99. The zero-order valence-electron chi connectivity index (χ0n) is 14.9. The standard InChI is InChI=1S/C20H20N2O3S/c1-20(2,3)18(24)21-14-10-8-13(9-11-14)16(23)12-26-19-22-15-6-4-5-7-17(15)25-19/h4-11H,12H2,1-3H3,(H,21,24). The average molecular weight is 368 g/mol. The first-order valence-electron chi connectivity index (χ1n) is 8.26. The SMILES string of the molecule is CC(C)(C)C(=O)Nc1ccc(C(=O)CSc2nc3ccccc3o2)cc1. The minimum absolute atomic E-state index is 0.0223. The summed E-state index contributed by atoms with van der Waals surface area (Å²) in [5, 5.41) is 3.32. The van der Waals surface area contributed by atoms with Gasteiger partial charge in [0.05, 0.1) is 5.75 Å². The van der Waals surface area contributed by atoms with Crippen LogP contribution in [0.1, 0.15) is 31.1 Å². The van der Waals surface area contributed by atoms with Crippen LogP contribution in [-0.4, -0.2) is 22.4 Å². The molecule has 2 aromatic carbocycles.